The van der Waals surface area contributed by atoms with Gasteiger partial charge in [0.1, 0.15) is 6.04 Å². The van der Waals surface area contributed by atoms with Gasteiger partial charge in [0, 0.05) is 5.54 Å². The van der Waals surface area contributed by atoms with Crippen LogP contribution in [0.2, 0.25) is 0 Å². The zero-order valence-electron chi connectivity index (χ0n) is 13.5. The molecule has 1 unspecified atom stereocenters. The molecule has 1 saturated heterocycles. The molecule has 2 rings (SSSR count). The normalized spacial score (nSPS) is 21.7. The van der Waals surface area contributed by atoms with E-state index < -0.39 is 6.04 Å². The molecule has 1 aromatic carbocycles. The Morgan fingerprint density at radius 3 is 2.41 bits per heavy atom. The van der Waals surface area contributed by atoms with Crippen LogP contribution in [0.5, 0.6) is 0 Å². The second-order valence-electron chi connectivity index (χ2n) is 6.76. The van der Waals surface area contributed by atoms with Gasteiger partial charge in [0.2, 0.25) is 11.8 Å². The molecule has 5 nitrogen and oxygen atoms in total. The number of benzene rings is 1. The minimum absolute atomic E-state index is 0.0760. The number of nitrogens with zero attached hydrogens (tertiary/aromatic N) is 1. The molecule has 0 radical (unpaired) electrons. The number of amides is 2. The standard InChI is InChI=1S/C17H25N3O2/c1-17(2,3)19-16(22)14-10-9-13(20(14)15(21)11-18)12-7-5-4-6-8-12/h4-8,13-14H,9-11,18H2,1-3H3,(H,19,22)/t13?,14-/m0/s1. The van der Waals surface area contributed by atoms with Crippen molar-refractivity contribution < 1.29 is 9.59 Å². The van der Waals surface area contributed by atoms with Gasteiger partial charge >= 0.3 is 0 Å². The molecule has 5 heteroatoms. The van der Waals surface area contributed by atoms with Gasteiger partial charge in [0.15, 0.2) is 0 Å². The molecular formula is C17H25N3O2. The van der Waals surface area contributed by atoms with Crippen LogP contribution in [0.3, 0.4) is 0 Å². The van der Waals surface area contributed by atoms with Gasteiger partial charge in [-0.1, -0.05) is 30.3 Å². The van der Waals surface area contributed by atoms with Crippen molar-refractivity contribution in [1.82, 2.24) is 10.2 Å². The van der Waals surface area contributed by atoms with Crippen molar-refractivity contribution in [3.05, 3.63) is 35.9 Å². The van der Waals surface area contributed by atoms with Crippen molar-refractivity contribution in [2.45, 2.75) is 51.2 Å². The summed E-state index contributed by atoms with van der Waals surface area (Å²) in [5.41, 5.74) is 6.29. The summed E-state index contributed by atoms with van der Waals surface area (Å²) in [5.74, 6) is -0.284. The van der Waals surface area contributed by atoms with Crippen LogP contribution in [0.4, 0.5) is 0 Å². The molecule has 3 N–H and O–H groups in total. The van der Waals surface area contributed by atoms with Crippen LogP contribution >= 0.6 is 0 Å². The van der Waals surface area contributed by atoms with E-state index in [-0.39, 0.29) is 29.9 Å². The van der Waals surface area contributed by atoms with E-state index in [0.29, 0.717) is 6.42 Å². The Bertz CT molecular complexity index is 537. The molecule has 2 amide bonds. The minimum atomic E-state index is -0.444. The van der Waals surface area contributed by atoms with Crippen molar-refractivity contribution in [3.63, 3.8) is 0 Å². The van der Waals surface area contributed by atoms with Gasteiger partial charge in [-0.15, -0.1) is 0 Å². The van der Waals surface area contributed by atoms with E-state index in [1.54, 1.807) is 4.90 Å². The van der Waals surface area contributed by atoms with Crippen molar-refractivity contribution in [3.8, 4) is 0 Å². The second kappa shape index (κ2) is 6.48. The number of carbonyl (C=O) groups is 2. The zero-order chi connectivity index (χ0) is 16.3. The topological polar surface area (TPSA) is 75.4 Å². The Hall–Kier alpha value is -1.88. The first-order valence-electron chi connectivity index (χ1n) is 7.71. The van der Waals surface area contributed by atoms with Crippen LogP contribution in [0.15, 0.2) is 30.3 Å². The lowest BCUT2D eigenvalue weighted by Crippen LogP contribution is -2.52. The molecule has 2 atom stereocenters. The predicted molar refractivity (Wildman–Crippen MR) is 86.0 cm³/mol. The van der Waals surface area contributed by atoms with E-state index in [0.717, 1.165) is 12.0 Å². The Morgan fingerprint density at radius 2 is 1.86 bits per heavy atom. The van der Waals surface area contributed by atoms with Crippen LogP contribution in [-0.4, -0.2) is 34.8 Å². The minimum Gasteiger partial charge on any atom is -0.350 e. The molecule has 1 heterocycles. The van der Waals surface area contributed by atoms with E-state index in [1.807, 2.05) is 51.1 Å². The first-order chi connectivity index (χ1) is 10.3. The fourth-order valence-corrected chi connectivity index (χ4v) is 2.98. The van der Waals surface area contributed by atoms with Crippen LogP contribution in [0.1, 0.15) is 45.2 Å². The molecular weight excluding hydrogens is 278 g/mol. The van der Waals surface area contributed by atoms with Crippen LogP contribution in [0.25, 0.3) is 0 Å². The zero-order valence-corrected chi connectivity index (χ0v) is 13.5. The lowest BCUT2D eigenvalue weighted by Gasteiger charge is -2.32. The second-order valence-corrected chi connectivity index (χ2v) is 6.76. The van der Waals surface area contributed by atoms with E-state index in [4.69, 9.17) is 5.73 Å². The van der Waals surface area contributed by atoms with E-state index in [1.165, 1.54) is 0 Å². The number of hydrogen-bond donors (Lipinski definition) is 2. The van der Waals surface area contributed by atoms with Crippen molar-refractivity contribution in [2.24, 2.45) is 5.73 Å². The van der Waals surface area contributed by atoms with Crippen LogP contribution < -0.4 is 11.1 Å². The highest BCUT2D eigenvalue weighted by Gasteiger charge is 2.41. The molecule has 120 valence electrons. The van der Waals surface area contributed by atoms with Gasteiger partial charge in [-0.3, -0.25) is 9.59 Å². The van der Waals surface area contributed by atoms with E-state index >= 15 is 0 Å². The fraction of sp³-hybridized carbons (Fsp3) is 0.529. The lowest BCUT2D eigenvalue weighted by molar-refractivity contribution is -0.140. The van der Waals surface area contributed by atoms with Crippen molar-refractivity contribution in [2.75, 3.05) is 6.54 Å². The van der Waals surface area contributed by atoms with Gasteiger partial charge in [0.25, 0.3) is 0 Å². The van der Waals surface area contributed by atoms with E-state index in [9.17, 15) is 9.59 Å². The summed E-state index contributed by atoms with van der Waals surface area (Å²) in [6.07, 6.45) is 1.44. The number of carbonyl (C=O) groups excluding carboxylic acids is 2. The maximum atomic E-state index is 12.5. The van der Waals surface area contributed by atoms with Crippen LogP contribution in [-0.2, 0) is 9.59 Å². The fourth-order valence-electron chi connectivity index (χ4n) is 2.98. The number of rotatable bonds is 3. The van der Waals surface area contributed by atoms with Crippen molar-refractivity contribution >= 4 is 11.8 Å². The largest absolute Gasteiger partial charge is 0.350 e. The maximum absolute atomic E-state index is 12.5. The Morgan fingerprint density at radius 1 is 1.23 bits per heavy atom. The molecule has 0 bridgehead atoms. The first-order valence-corrected chi connectivity index (χ1v) is 7.71. The summed E-state index contributed by atoms with van der Waals surface area (Å²) in [5, 5.41) is 2.97. The smallest absolute Gasteiger partial charge is 0.243 e. The molecule has 0 aliphatic carbocycles. The molecule has 1 aliphatic rings. The average molecular weight is 303 g/mol. The summed E-state index contributed by atoms with van der Waals surface area (Å²) in [6.45, 7) is 5.72. The number of hydrogen-bond acceptors (Lipinski definition) is 3. The molecule has 0 aromatic heterocycles. The summed E-state index contributed by atoms with van der Waals surface area (Å²) >= 11 is 0. The van der Waals surface area contributed by atoms with Gasteiger partial charge in [-0.05, 0) is 39.2 Å². The summed E-state index contributed by atoms with van der Waals surface area (Å²) in [6, 6.07) is 9.30. The molecule has 1 aliphatic heterocycles. The van der Waals surface area contributed by atoms with Gasteiger partial charge in [-0.2, -0.15) is 0 Å². The average Bonchev–Trinajstić information content (AvgIpc) is 2.90. The Balaban J connectivity index is 2.25. The number of nitrogens with two attached hydrogens (primary N) is 1. The Labute approximate surface area is 131 Å². The molecule has 1 aromatic rings. The predicted octanol–water partition coefficient (Wildman–Crippen LogP) is 1.59. The lowest BCUT2D eigenvalue weighted by atomic mass is 10.0. The molecule has 0 saturated carbocycles. The number of nitrogens with one attached hydrogen (secondary N) is 1. The third-order valence-electron chi connectivity index (χ3n) is 3.83. The molecule has 0 spiro atoms. The highest BCUT2D eigenvalue weighted by Crippen LogP contribution is 2.36. The van der Waals surface area contributed by atoms with Gasteiger partial charge < -0.3 is 16.0 Å². The maximum Gasteiger partial charge on any atom is 0.243 e. The van der Waals surface area contributed by atoms with Crippen molar-refractivity contribution in [1.29, 1.82) is 0 Å². The first kappa shape index (κ1) is 16.5. The van der Waals surface area contributed by atoms with E-state index in [2.05, 4.69) is 5.32 Å². The third kappa shape index (κ3) is 3.65. The highest BCUT2D eigenvalue weighted by atomic mass is 16.2. The highest BCUT2D eigenvalue weighted by molar-refractivity contribution is 5.89. The van der Waals surface area contributed by atoms with Gasteiger partial charge in [-0.25, -0.2) is 0 Å². The van der Waals surface area contributed by atoms with Gasteiger partial charge in [0.05, 0.1) is 12.6 Å². The van der Waals surface area contributed by atoms with Crippen LogP contribution in [0, 0.1) is 0 Å². The monoisotopic (exact) mass is 303 g/mol. The summed E-state index contributed by atoms with van der Waals surface area (Å²) < 4.78 is 0. The molecule has 22 heavy (non-hydrogen) atoms. The summed E-state index contributed by atoms with van der Waals surface area (Å²) in [4.78, 5) is 26.5. The number of likely N-dealkylation sites (tertiary alicyclic amines) is 1. The quantitative estimate of drug-likeness (QED) is 0.890. The summed E-state index contributed by atoms with van der Waals surface area (Å²) in [7, 11) is 0. The Kier molecular flexibility index (Phi) is 4.86. The third-order valence-corrected chi connectivity index (χ3v) is 3.83. The molecule has 1 fully saturated rings. The SMILES string of the molecule is CC(C)(C)NC(=O)[C@@H]1CCC(c2ccccc2)N1C(=O)CN.